The van der Waals surface area contributed by atoms with Gasteiger partial charge in [0.25, 0.3) is 0 Å². The molecule has 3 rings (SSSR count). The van der Waals surface area contributed by atoms with Gasteiger partial charge in [-0.1, -0.05) is 6.07 Å². The predicted octanol–water partition coefficient (Wildman–Crippen LogP) is 3.07. The van der Waals surface area contributed by atoms with Crippen molar-refractivity contribution >= 4 is 11.8 Å². The molecule has 0 aliphatic heterocycles. The molecule has 3 aromatic rings. The maximum absolute atomic E-state index is 13.5. The highest BCUT2D eigenvalue weighted by molar-refractivity contribution is 5.89. The predicted molar refractivity (Wildman–Crippen MR) is 111 cm³/mol. The Hall–Kier alpha value is -3.46. The molecule has 0 saturated heterocycles. The first kappa shape index (κ1) is 21.3. The van der Waals surface area contributed by atoms with Crippen molar-refractivity contribution in [3.63, 3.8) is 0 Å². The Labute approximate surface area is 173 Å². The lowest BCUT2D eigenvalue weighted by Gasteiger charge is -2.18. The van der Waals surface area contributed by atoms with Crippen molar-refractivity contribution in [3.8, 4) is 16.9 Å². The molecule has 4 N–H and O–H groups in total. The second-order valence-electron chi connectivity index (χ2n) is 6.97. The van der Waals surface area contributed by atoms with Gasteiger partial charge in [-0.05, 0) is 39.1 Å². The third-order valence-corrected chi connectivity index (χ3v) is 4.84. The summed E-state index contributed by atoms with van der Waals surface area (Å²) in [6.45, 7) is 4.19. The number of carboxylic acid groups (broad SMARTS) is 1. The summed E-state index contributed by atoms with van der Waals surface area (Å²) in [5.74, 6) is -1.39. The average Bonchev–Trinajstić information content (AvgIpc) is 2.97. The van der Waals surface area contributed by atoms with Crippen LogP contribution < -0.4 is 15.8 Å². The van der Waals surface area contributed by atoms with Gasteiger partial charge >= 0.3 is 5.97 Å². The zero-order valence-electron chi connectivity index (χ0n) is 17.2. The van der Waals surface area contributed by atoms with Crippen molar-refractivity contribution in [2.24, 2.45) is 7.05 Å². The van der Waals surface area contributed by atoms with Crippen molar-refractivity contribution in [1.82, 2.24) is 20.1 Å². The number of anilines is 1. The van der Waals surface area contributed by atoms with Crippen LogP contribution in [-0.2, 0) is 13.6 Å². The summed E-state index contributed by atoms with van der Waals surface area (Å²) in [7, 11) is 3.72. The van der Waals surface area contributed by atoms with Gasteiger partial charge in [0, 0.05) is 36.5 Å². The van der Waals surface area contributed by atoms with Crippen LogP contribution in [-0.4, -0.2) is 32.9 Å². The number of carbonyl (C=O) groups is 1. The van der Waals surface area contributed by atoms with E-state index in [0.29, 0.717) is 17.9 Å². The molecular weight excluding hydrogens is 389 g/mol. The van der Waals surface area contributed by atoms with E-state index < -0.39 is 17.9 Å². The lowest BCUT2D eigenvalue weighted by Crippen LogP contribution is -2.12. The topological polar surface area (TPSA) is 115 Å². The number of aryl methyl sites for hydroxylation is 2. The number of pyridine rings is 1. The highest BCUT2D eigenvalue weighted by atomic mass is 19.1. The fourth-order valence-corrected chi connectivity index (χ4v) is 3.46. The largest absolute Gasteiger partial charge is 0.482 e. The number of benzene rings is 1. The van der Waals surface area contributed by atoms with Crippen LogP contribution in [0.2, 0.25) is 0 Å². The maximum atomic E-state index is 13.5. The minimum Gasteiger partial charge on any atom is -0.482 e. The second-order valence-corrected chi connectivity index (χ2v) is 6.97. The second kappa shape index (κ2) is 8.50. The summed E-state index contributed by atoms with van der Waals surface area (Å²) in [5.41, 5.74) is 9.69. The van der Waals surface area contributed by atoms with Gasteiger partial charge in [0.2, 0.25) is 0 Å². The summed E-state index contributed by atoms with van der Waals surface area (Å²) < 4.78 is 21.3. The quantitative estimate of drug-likeness (QED) is 0.545. The number of halogens is 1. The van der Waals surface area contributed by atoms with E-state index in [2.05, 4.69) is 15.4 Å². The summed E-state index contributed by atoms with van der Waals surface area (Å²) in [6.07, 6.45) is 0.958. The minimum absolute atomic E-state index is 0.162. The van der Waals surface area contributed by atoms with Crippen molar-refractivity contribution in [3.05, 3.63) is 58.8 Å². The number of ether oxygens (including phenoxy) is 1. The van der Waals surface area contributed by atoms with Gasteiger partial charge in [-0.15, -0.1) is 0 Å². The van der Waals surface area contributed by atoms with E-state index in [1.54, 1.807) is 23.9 Å². The number of nitrogen functional groups attached to an aromatic ring is 1. The Balaban J connectivity index is 1.99. The van der Waals surface area contributed by atoms with E-state index in [4.69, 9.17) is 10.5 Å². The molecule has 0 radical (unpaired) electrons. The average molecular weight is 413 g/mol. The van der Waals surface area contributed by atoms with Crippen molar-refractivity contribution < 1.29 is 19.0 Å². The number of rotatable bonds is 7. The van der Waals surface area contributed by atoms with Crippen LogP contribution in [0.15, 0.2) is 30.5 Å². The van der Waals surface area contributed by atoms with Crippen LogP contribution in [0.25, 0.3) is 11.1 Å². The van der Waals surface area contributed by atoms with E-state index in [-0.39, 0.29) is 11.4 Å². The SMILES string of the molecule is CNCc1c(-c2cnc(N)c(OC(C)c3ccc(F)cc3C(=O)O)c2)c(C)nn1C. The molecule has 0 aliphatic carbocycles. The molecule has 2 heterocycles. The normalized spacial score (nSPS) is 12.0. The zero-order chi connectivity index (χ0) is 22.0. The lowest BCUT2D eigenvalue weighted by atomic mass is 10.0. The van der Waals surface area contributed by atoms with Crippen LogP contribution in [0.4, 0.5) is 10.2 Å². The number of aromatic nitrogens is 3. The highest BCUT2D eigenvalue weighted by Gasteiger charge is 2.21. The first-order chi connectivity index (χ1) is 14.2. The molecule has 158 valence electrons. The van der Waals surface area contributed by atoms with Crippen molar-refractivity contribution in [2.75, 3.05) is 12.8 Å². The zero-order valence-corrected chi connectivity index (χ0v) is 17.2. The standard InChI is InChI=1S/C21H24FN5O3/c1-11-19(17(10-24-3)27(4)26-11)13-7-18(20(23)25-9-13)30-12(2)15-6-5-14(22)8-16(15)21(28)29/h5-9,12,24H,10H2,1-4H3,(H2,23,25)(H,28,29). The van der Waals surface area contributed by atoms with Crippen molar-refractivity contribution in [2.45, 2.75) is 26.5 Å². The number of nitrogens with zero attached hydrogens (tertiary/aromatic N) is 3. The number of hydrogen-bond acceptors (Lipinski definition) is 6. The van der Waals surface area contributed by atoms with E-state index in [9.17, 15) is 14.3 Å². The molecule has 2 aromatic heterocycles. The molecular formula is C21H24FN5O3. The smallest absolute Gasteiger partial charge is 0.336 e. The molecule has 9 heteroatoms. The molecule has 0 saturated carbocycles. The van der Waals surface area contributed by atoms with E-state index in [0.717, 1.165) is 28.6 Å². The fraction of sp³-hybridized carbons (Fsp3) is 0.286. The molecule has 0 bridgehead atoms. The monoisotopic (exact) mass is 413 g/mol. The lowest BCUT2D eigenvalue weighted by molar-refractivity contribution is 0.0691. The number of hydrogen-bond donors (Lipinski definition) is 3. The molecule has 0 amide bonds. The number of nitrogens with two attached hydrogens (primary N) is 1. The third-order valence-electron chi connectivity index (χ3n) is 4.84. The molecule has 1 atom stereocenters. The molecule has 0 aliphatic rings. The van der Waals surface area contributed by atoms with Gasteiger partial charge in [0.05, 0.1) is 17.0 Å². The van der Waals surface area contributed by atoms with E-state index in [1.165, 1.54) is 12.1 Å². The fourth-order valence-electron chi connectivity index (χ4n) is 3.46. The Morgan fingerprint density at radius 2 is 2.13 bits per heavy atom. The summed E-state index contributed by atoms with van der Waals surface area (Å²) in [4.78, 5) is 15.7. The maximum Gasteiger partial charge on any atom is 0.336 e. The highest BCUT2D eigenvalue weighted by Crippen LogP contribution is 2.34. The molecule has 30 heavy (non-hydrogen) atoms. The molecule has 8 nitrogen and oxygen atoms in total. The molecule has 0 spiro atoms. The van der Waals surface area contributed by atoms with Gasteiger partial charge in [0.15, 0.2) is 11.6 Å². The Kier molecular flexibility index (Phi) is 6.02. The third kappa shape index (κ3) is 4.11. The first-order valence-electron chi connectivity index (χ1n) is 9.35. The van der Waals surface area contributed by atoms with E-state index in [1.807, 2.05) is 21.0 Å². The van der Waals surface area contributed by atoms with Gasteiger partial charge in [-0.2, -0.15) is 5.10 Å². The number of nitrogens with one attached hydrogen (secondary N) is 1. The Morgan fingerprint density at radius 3 is 2.80 bits per heavy atom. The summed E-state index contributed by atoms with van der Waals surface area (Å²) in [6, 6.07) is 5.32. The van der Waals surface area contributed by atoms with Gasteiger partial charge in [-0.3, -0.25) is 4.68 Å². The molecule has 0 fully saturated rings. The number of carboxylic acids is 1. The Morgan fingerprint density at radius 1 is 1.40 bits per heavy atom. The molecule has 1 unspecified atom stereocenters. The van der Waals surface area contributed by atoms with Crippen LogP contribution in [0.5, 0.6) is 5.75 Å². The number of aromatic carboxylic acids is 1. The van der Waals surface area contributed by atoms with Gasteiger partial charge in [0.1, 0.15) is 11.9 Å². The van der Waals surface area contributed by atoms with Gasteiger partial charge < -0.3 is 20.9 Å². The Bertz CT molecular complexity index is 1100. The van der Waals surface area contributed by atoms with E-state index >= 15 is 0 Å². The van der Waals surface area contributed by atoms with Crippen LogP contribution in [0.1, 0.15) is 40.3 Å². The van der Waals surface area contributed by atoms with Crippen LogP contribution in [0.3, 0.4) is 0 Å². The van der Waals surface area contributed by atoms with Gasteiger partial charge in [-0.25, -0.2) is 14.2 Å². The minimum atomic E-state index is -1.23. The van der Waals surface area contributed by atoms with Crippen LogP contribution >= 0.6 is 0 Å². The van der Waals surface area contributed by atoms with Crippen LogP contribution in [0, 0.1) is 12.7 Å². The summed E-state index contributed by atoms with van der Waals surface area (Å²) >= 11 is 0. The molecule has 1 aromatic carbocycles. The first-order valence-corrected chi connectivity index (χ1v) is 9.35. The van der Waals surface area contributed by atoms with Crippen molar-refractivity contribution in [1.29, 1.82) is 0 Å². The summed E-state index contributed by atoms with van der Waals surface area (Å²) in [5, 5.41) is 17.0.